The number of nitrogens with one attached hydrogen (secondary N) is 1. The molecule has 25 heavy (non-hydrogen) atoms. The van der Waals surface area contributed by atoms with Crippen LogP contribution < -0.4 is 10.1 Å². The highest BCUT2D eigenvalue weighted by atomic mass is 16.5. The maximum atomic E-state index is 12.4. The Labute approximate surface area is 147 Å². The van der Waals surface area contributed by atoms with Gasteiger partial charge in [0.25, 0.3) is 5.91 Å². The summed E-state index contributed by atoms with van der Waals surface area (Å²) in [6.07, 6.45) is 0.915. The second-order valence-electron chi connectivity index (χ2n) is 6.12. The van der Waals surface area contributed by atoms with E-state index < -0.39 is 0 Å². The Morgan fingerprint density at radius 1 is 0.960 bits per heavy atom. The third kappa shape index (κ3) is 3.01. The normalized spacial score (nSPS) is 11.6. The first-order valence-electron chi connectivity index (χ1n) is 8.50. The molecule has 0 saturated heterocycles. The summed E-state index contributed by atoms with van der Waals surface area (Å²) in [5.41, 5.74) is 6.59. The molecule has 0 atom stereocenters. The average Bonchev–Trinajstić information content (AvgIpc) is 3.00. The number of ether oxygens (including phenoxy) is 1. The van der Waals surface area contributed by atoms with Crippen molar-refractivity contribution >= 4 is 11.6 Å². The van der Waals surface area contributed by atoms with E-state index in [1.54, 1.807) is 12.1 Å². The lowest BCUT2D eigenvalue weighted by Crippen LogP contribution is -2.11. The summed E-state index contributed by atoms with van der Waals surface area (Å²) in [7, 11) is 0. The molecule has 0 aliphatic heterocycles. The van der Waals surface area contributed by atoms with Gasteiger partial charge in [0.2, 0.25) is 0 Å². The highest BCUT2D eigenvalue weighted by molar-refractivity contribution is 6.04. The van der Waals surface area contributed by atoms with Crippen LogP contribution in [0.2, 0.25) is 0 Å². The highest BCUT2D eigenvalue weighted by Gasteiger charge is 2.18. The predicted octanol–water partition coefficient (Wildman–Crippen LogP) is 4.91. The maximum Gasteiger partial charge on any atom is 0.255 e. The van der Waals surface area contributed by atoms with Gasteiger partial charge >= 0.3 is 0 Å². The molecule has 0 spiro atoms. The Kier molecular flexibility index (Phi) is 3.98. The Morgan fingerprint density at radius 2 is 1.72 bits per heavy atom. The van der Waals surface area contributed by atoms with Crippen molar-refractivity contribution in [2.24, 2.45) is 0 Å². The van der Waals surface area contributed by atoms with Crippen LogP contribution in [0.25, 0.3) is 11.1 Å². The van der Waals surface area contributed by atoms with Crippen LogP contribution in [0, 0.1) is 0 Å². The number of fused-ring (bicyclic) bond motifs is 3. The Bertz CT molecular complexity index is 929. The summed E-state index contributed by atoms with van der Waals surface area (Å²) in [4.78, 5) is 12.4. The van der Waals surface area contributed by atoms with Crippen molar-refractivity contribution in [3.05, 3.63) is 83.4 Å². The first kappa shape index (κ1) is 15.5. The zero-order valence-electron chi connectivity index (χ0n) is 14.1. The van der Waals surface area contributed by atoms with E-state index in [0.717, 1.165) is 17.9 Å². The van der Waals surface area contributed by atoms with Crippen molar-refractivity contribution in [1.82, 2.24) is 0 Å². The molecule has 1 aliphatic rings. The molecule has 0 unspecified atom stereocenters. The molecule has 0 bridgehead atoms. The standard InChI is InChI=1S/C22H19NO2/c1-2-25-19-10-7-15(8-11-19)22(24)23-18-9-12-21-17(14-18)13-16-5-3-4-6-20(16)21/h3-12,14H,2,13H2,1H3,(H,23,24). The van der Waals surface area contributed by atoms with E-state index in [0.29, 0.717) is 12.2 Å². The van der Waals surface area contributed by atoms with Gasteiger partial charge in [-0.25, -0.2) is 0 Å². The zero-order chi connectivity index (χ0) is 17.2. The molecule has 3 nitrogen and oxygen atoms in total. The fraction of sp³-hybridized carbons (Fsp3) is 0.136. The summed E-state index contributed by atoms with van der Waals surface area (Å²) in [6.45, 7) is 2.55. The maximum absolute atomic E-state index is 12.4. The van der Waals surface area contributed by atoms with Crippen molar-refractivity contribution in [3.8, 4) is 16.9 Å². The lowest BCUT2D eigenvalue weighted by Gasteiger charge is -2.09. The second-order valence-corrected chi connectivity index (χ2v) is 6.12. The van der Waals surface area contributed by atoms with Gasteiger partial charge in [0, 0.05) is 11.3 Å². The van der Waals surface area contributed by atoms with Crippen LogP contribution in [0.15, 0.2) is 66.7 Å². The minimum Gasteiger partial charge on any atom is -0.494 e. The predicted molar refractivity (Wildman–Crippen MR) is 100 cm³/mol. The molecule has 0 heterocycles. The molecular formula is C22H19NO2. The molecule has 0 aromatic heterocycles. The number of hydrogen-bond donors (Lipinski definition) is 1. The van der Waals surface area contributed by atoms with Crippen molar-refractivity contribution in [1.29, 1.82) is 0 Å². The van der Waals surface area contributed by atoms with E-state index in [1.165, 1.54) is 22.3 Å². The molecule has 1 N–H and O–H groups in total. The van der Waals surface area contributed by atoms with Crippen molar-refractivity contribution in [2.45, 2.75) is 13.3 Å². The van der Waals surface area contributed by atoms with Gasteiger partial charge in [-0.15, -0.1) is 0 Å². The van der Waals surface area contributed by atoms with Gasteiger partial charge in [-0.05, 0) is 72.0 Å². The number of carbonyl (C=O) groups excluding carboxylic acids is 1. The van der Waals surface area contributed by atoms with Crippen molar-refractivity contribution in [3.63, 3.8) is 0 Å². The zero-order valence-corrected chi connectivity index (χ0v) is 14.1. The minimum atomic E-state index is -0.112. The van der Waals surface area contributed by atoms with Crippen LogP contribution >= 0.6 is 0 Å². The number of rotatable bonds is 4. The lowest BCUT2D eigenvalue weighted by molar-refractivity contribution is 0.102. The first-order valence-corrected chi connectivity index (χ1v) is 8.50. The lowest BCUT2D eigenvalue weighted by atomic mass is 10.1. The van der Waals surface area contributed by atoms with Gasteiger partial charge in [-0.2, -0.15) is 0 Å². The molecular weight excluding hydrogens is 310 g/mol. The molecule has 3 aromatic carbocycles. The van der Waals surface area contributed by atoms with E-state index in [-0.39, 0.29) is 5.91 Å². The third-order valence-electron chi connectivity index (χ3n) is 4.48. The van der Waals surface area contributed by atoms with Crippen molar-refractivity contribution < 1.29 is 9.53 Å². The van der Waals surface area contributed by atoms with Crippen molar-refractivity contribution in [2.75, 3.05) is 11.9 Å². The number of hydrogen-bond acceptors (Lipinski definition) is 2. The first-order chi connectivity index (χ1) is 12.2. The van der Waals surface area contributed by atoms with E-state index in [9.17, 15) is 4.79 Å². The van der Waals surface area contributed by atoms with Gasteiger partial charge in [-0.1, -0.05) is 30.3 Å². The Balaban J connectivity index is 1.52. The summed E-state index contributed by atoms with van der Waals surface area (Å²) >= 11 is 0. The Hall–Kier alpha value is -3.07. The summed E-state index contributed by atoms with van der Waals surface area (Å²) in [6, 6.07) is 21.8. The number of benzene rings is 3. The summed E-state index contributed by atoms with van der Waals surface area (Å²) in [5.74, 6) is 0.660. The third-order valence-corrected chi connectivity index (χ3v) is 4.48. The molecule has 4 rings (SSSR count). The summed E-state index contributed by atoms with van der Waals surface area (Å²) in [5, 5.41) is 2.99. The quantitative estimate of drug-likeness (QED) is 0.578. The molecule has 3 aromatic rings. The van der Waals surface area contributed by atoms with Gasteiger partial charge in [0.15, 0.2) is 0 Å². The average molecular weight is 329 g/mol. The highest BCUT2D eigenvalue weighted by Crippen LogP contribution is 2.37. The van der Waals surface area contributed by atoms with E-state index >= 15 is 0 Å². The van der Waals surface area contributed by atoms with Crippen LogP contribution in [-0.2, 0) is 6.42 Å². The molecule has 0 fully saturated rings. The molecule has 1 amide bonds. The van der Waals surface area contributed by atoms with E-state index in [4.69, 9.17) is 4.74 Å². The van der Waals surface area contributed by atoms with Crippen LogP contribution in [0.5, 0.6) is 5.75 Å². The smallest absolute Gasteiger partial charge is 0.255 e. The fourth-order valence-electron chi connectivity index (χ4n) is 3.30. The van der Waals surface area contributed by atoms with Gasteiger partial charge in [0.05, 0.1) is 6.61 Å². The van der Waals surface area contributed by atoms with Gasteiger partial charge in [0.1, 0.15) is 5.75 Å². The SMILES string of the molecule is CCOc1ccc(C(=O)Nc2ccc3c(c2)Cc2ccccc2-3)cc1. The van der Waals surface area contributed by atoms with Crippen LogP contribution in [0.4, 0.5) is 5.69 Å². The molecule has 124 valence electrons. The minimum absolute atomic E-state index is 0.112. The van der Waals surface area contributed by atoms with Crippen LogP contribution in [-0.4, -0.2) is 12.5 Å². The summed E-state index contributed by atoms with van der Waals surface area (Å²) < 4.78 is 5.41. The monoisotopic (exact) mass is 329 g/mol. The van der Waals surface area contributed by atoms with Gasteiger partial charge < -0.3 is 10.1 Å². The van der Waals surface area contributed by atoms with Gasteiger partial charge in [-0.3, -0.25) is 4.79 Å². The van der Waals surface area contributed by atoms with E-state index in [1.807, 2.05) is 25.1 Å². The molecule has 0 saturated carbocycles. The van der Waals surface area contributed by atoms with Crippen LogP contribution in [0.3, 0.4) is 0 Å². The number of anilines is 1. The van der Waals surface area contributed by atoms with E-state index in [2.05, 4.69) is 41.7 Å². The largest absolute Gasteiger partial charge is 0.494 e. The number of amides is 1. The fourth-order valence-corrected chi connectivity index (χ4v) is 3.30. The topological polar surface area (TPSA) is 38.3 Å². The van der Waals surface area contributed by atoms with Crippen LogP contribution in [0.1, 0.15) is 28.4 Å². The second kappa shape index (κ2) is 6.44. The molecule has 0 radical (unpaired) electrons. The number of carbonyl (C=O) groups is 1. The molecule has 1 aliphatic carbocycles. The Morgan fingerprint density at radius 3 is 2.52 bits per heavy atom. The molecule has 3 heteroatoms.